The molecule has 5 nitrogen and oxygen atoms in total. The van der Waals surface area contributed by atoms with Crippen LogP contribution in [-0.2, 0) is 4.74 Å². The molecular formula is C8H16N2O3. The number of hydrogen-bond acceptors (Lipinski definition) is 3. The van der Waals surface area contributed by atoms with E-state index < -0.39 is 6.09 Å². The first-order valence-corrected chi connectivity index (χ1v) is 4.30. The van der Waals surface area contributed by atoms with E-state index >= 15 is 0 Å². The summed E-state index contributed by atoms with van der Waals surface area (Å²) in [6.07, 6.45) is -0.418. The lowest BCUT2D eigenvalue weighted by Gasteiger charge is -2.39. The Hall–Kier alpha value is -0.810. The fourth-order valence-corrected chi connectivity index (χ4v) is 1.49. The Morgan fingerprint density at radius 3 is 2.85 bits per heavy atom. The number of carbonyl (C=O) groups is 1. The second-order valence-electron chi connectivity index (χ2n) is 3.99. The van der Waals surface area contributed by atoms with E-state index in [1.165, 1.54) is 0 Å². The highest BCUT2D eigenvalue weighted by atomic mass is 16.5. The van der Waals surface area contributed by atoms with Gasteiger partial charge in [0.25, 0.3) is 0 Å². The first-order chi connectivity index (χ1) is 5.91. The van der Waals surface area contributed by atoms with Gasteiger partial charge in [-0.15, -0.1) is 0 Å². The van der Waals surface area contributed by atoms with Gasteiger partial charge in [-0.25, -0.2) is 4.79 Å². The van der Waals surface area contributed by atoms with Gasteiger partial charge in [-0.05, 0) is 20.3 Å². The van der Waals surface area contributed by atoms with Crippen molar-refractivity contribution >= 4 is 6.09 Å². The normalized spacial score (nSPS) is 32.5. The number of nitrogens with two attached hydrogens (primary N) is 1. The molecule has 1 amide bonds. The SMILES string of the molecule is CC1(C)C[C@@H](NC(=O)O)[C@@H](N)CO1. The Kier molecular flexibility index (Phi) is 2.77. The van der Waals surface area contributed by atoms with Gasteiger partial charge >= 0.3 is 6.09 Å². The number of rotatable bonds is 1. The molecule has 0 bridgehead atoms. The fourth-order valence-electron chi connectivity index (χ4n) is 1.49. The zero-order valence-electron chi connectivity index (χ0n) is 7.91. The van der Waals surface area contributed by atoms with Crippen molar-refractivity contribution in [1.82, 2.24) is 5.32 Å². The molecule has 0 radical (unpaired) electrons. The first kappa shape index (κ1) is 10.3. The molecule has 1 heterocycles. The van der Waals surface area contributed by atoms with E-state index in [9.17, 15) is 4.79 Å². The van der Waals surface area contributed by atoms with Crippen LogP contribution in [-0.4, -0.2) is 35.5 Å². The number of carboxylic acid groups (broad SMARTS) is 1. The van der Waals surface area contributed by atoms with Gasteiger partial charge in [0.2, 0.25) is 0 Å². The molecule has 0 unspecified atom stereocenters. The Balaban J connectivity index is 2.55. The summed E-state index contributed by atoms with van der Waals surface area (Å²) >= 11 is 0. The van der Waals surface area contributed by atoms with Crippen molar-refractivity contribution in [2.75, 3.05) is 6.61 Å². The third-order valence-corrected chi connectivity index (χ3v) is 2.20. The maximum absolute atomic E-state index is 10.4. The predicted octanol–water partition coefficient (Wildman–Crippen LogP) is 0.149. The lowest BCUT2D eigenvalue weighted by molar-refractivity contribution is -0.0707. The highest BCUT2D eigenvalue weighted by Gasteiger charge is 2.34. The van der Waals surface area contributed by atoms with Crippen LogP contribution in [0.2, 0.25) is 0 Å². The van der Waals surface area contributed by atoms with E-state index in [0.717, 1.165) is 0 Å². The zero-order valence-corrected chi connectivity index (χ0v) is 7.91. The molecule has 0 aliphatic carbocycles. The summed E-state index contributed by atoms with van der Waals surface area (Å²) in [6, 6.07) is -0.453. The van der Waals surface area contributed by atoms with Gasteiger partial charge in [-0.3, -0.25) is 0 Å². The maximum atomic E-state index is 10.4. The molecule has 0 aromatic rings. The highest BCUT2D eigenvalue weighted by molar-refractivity contribution is 5.65. The van der Waals surface area contributed by atoms with Crippen LogP contribution in [0.1, 0.15) is 20.3 Å². The van der Waals surface area contributed by atoms with Crippen LogP contribution in [0.15, 0.2) is 0 Å². The molecule has 4 N–H and O–H groups in total. The van der Waals surface area contributed by atoms with Crippen LogP contribution in [0.3, 0.4) is 0 Å². The molecule has 1 saturated heterocycles. The third-order valence-electron chi connectivity index (χ3n) is 2.20. The summed E-state index contributed by atoms with van der Waals surface area (Å²) in [5, 5.41) is 10.9. The van der Waals surface area contributed by atoms with Gasteiger partial charge in [0.15, 0.2) is 0 Å². The Morgan fingerprint density at radius 1 is 1.69 bits per heavy atom. The van der Waals surface area contributed by atoms with Crippen LogP contribution < -0.4 is 11.1 Å². The standard InChI is InChI=1S/C8H16N2O3/c1-8(2)3-6(10-7(11)12)5(9)4-13-8/h5-6,10H,3-4,9H2,1-2H3,(H,11,12)/t5-,6+/m0/s1. The van der Waals surface area contributed by atoms with E-state index in [2.05, 4.69) is 5.32 Å². The summed E-state index contributed by atoms with van der Waals surface area (Å²) in [5.74, 6) is 0. The minimum Gasteiger partial charge on any atom is -0.465 e. The first-order valence-electron chi connectivity index (χ1n) is 4.30. The molecule has 1 aliphatic heterocycles. The molecule has 0 aromatic carbocycles. The molecule has 1 fully saturated rings. The topological polar surface area (TPSA) is 84.6 Å². The van der Waals surface area contributed by atoms with Gasteiger partial charge < -0.3 is 20.9 Å². The minimum absolute atomic E-state index is 0.207. The van der Waals surface area contributed by atoms with Crippen LogP contribution >= 0.6 is 0 Å². The van der Waals surface area contributed by atoms with Crippen molar-refractivity contribution in [3.63, 3.8) is 0 Å². The molecule has 1 aliphatic rings. The Bertz CT molecular complexity index is 206. The molecule has 2 atom stereocenters. The van der Waals surface area contributed by atoms with Crippen LogP contribution in [0.4, 0.5) is 4.79 Å². The molecule has 0 aromatic heterocycles. The van der Waals surface area contributed by atoms with Gasteiger partial charge in [0, 0.05) is 6.04 Å². The van der Waals surface area contributed by atoms with E-state index in [1.54, 1.807) is 0 Å². The van der Waals surface area contributed by atoms with Gasteiger partial charge in [0.05, 0.1) is 18.2 Å². The number of hydrogen-bond donors (Lipinski definition) is 3. The van der Waals surface area contributed by atoms with Crippen molar-refractivity contribution in [1.29, 1.82) is 0 Å². The predicted molar refractivity (Wildman–Crippen MR) is 47.6 cm³/mol. The number of ether oxygens (including phenoxy) is 1. The summed E-state index contributed by atoms with van der Waals surface area (Å²) < 4.78 is 5.43. The van der Waals surface area contributed by atoms with Gasteiger partial charge in [0.1, 0.15) is 0 Å². The minimum atomic E-state index is -1.03. The zero-order chi connectivity index (χ0) is 10.1. The van der Waals surface area contributed by atoms with Crippen LogP contribution in [0.25, 0.3) is 0 Å². The van der Waals surface area contributed by atoms with E-state index in [1.807, 2.05) is 13.8 Å². The highest BCUT2D eigenvalue weighted by Crippen LogP contribution is 2.23. The molecule has 0 spiro atoms. The van der Waals surface area contributed by atoms with Gasteiger partial charge in [-0.2, -0.15) is 0 Å². The lowest BCUT2D eigenvalue weighted by atomic mass is 9.91. The number of nitrogens with one attached hydrogen (secondary N) is 1. The van der Waals surface area contributed by atoms with Crippen LogP contribution in [0, 0.1) is 0 Å². The van der Waals surface area contributed by atoms with Crippen molar-refractivity contribution in [2.24, 2.45) is 5.73 Å². The quantitative estimate of drug-likeness (QED) is 0.546. The molecule has 0 saturated carbocycles. The van der Waals surface area contributed by atoms with Gasteiger partial charge in [-0.1, -0.05) is 0 Å². The molecule has 76 valence electrons. The molecule has 13 heavy (non-hydrogen) atoms. The van der Waals surface area contributed by atoms with Crippen molar-refractivity contribution in [3.05, 3.63) is 0 Å². The maximum Gasteiger partial charge on any atom is 0.404 e. The van der Waals surface area contributed by atoms with Crippen LogP contribution in [0.5, 0.6) is 0 Å². The van der Waals surface area contributed by atoms with Crippen molar-refractivity contribution in [2.45, 2.75) is 38.0 Å². The fraction of sp³-hybridized carbons (Fsp3) is 0.875. The monoisotopic (exact) mass is 188 g/mol. The van der Waals surface area contributed by atoms with E-state index in [4.69, 9.17) is 15.6 Å². The molecule has 1 rings (SSSR count). The lowest BCUT2D eigenvalue weighted by Crippen LogP contribution is -2.57. The largest absolute Gasteiger partial charge is 0.465 e. The van der Waals surface area contributed by atoms with Crippen molar-refractivity contribution < 1.29 is 14.6 Å². The Morgan fingerprint density at radius 2 is 2.31 bits per heavy atom. The smallest absolute Gasteiger partial charge is 0.404 e. The molecule has 5 heteroatoms. The average molecular weight is 188 g/mol. The summed E-state index contributed by atoms with van der Waals surface area (Å²) in [4.78, 5) is 10.4. The van der Waals surface area contributed by atoms with Crippen molar-refractivity contribution in [3.8, 4) is 0 Å². The van der Waals surface area contributed by atoms with E-state index in [0.29, 0.717) is 13.0 Å². The second kappa shape index (κ2) is 3.51. The van der Waals surface area contributed by atoms with E-state index in [-0.39, 0.29) is 17.7 Å². The number of amides is 1. The summed E-state index contributed by atoms with van der Waals surface area (Å²) in [5.41, 5.74) is 5.41. The summed E-state index contributed by atoms with van der Waals surface area (Å²) in [7, 11) is 0. The third kappa shape index (κ3) is 2.86. The summed E-state index contributed by atoms with van der Waals surface area (Å²) in [6.45, 7) is 4.25. The molecular weight excluding hydrogens is 172 g/mol. The second-order valence-corrected chi connectivity index (χ2v) is 3.99. The average Bonchev–Trinajstić information content (AvgIpc) is 1.95. The Labute approximate surface area is 77.2 Å².